The van der Waals surface area contributed by atoms with E-state index >= 15 is 0 Å². The van der Waals surface area contributed by atoms with E-state index in [1.54, 1.807) is 6.07 Å². The number of anilines is 1. The van der Waals surface area contributed by atoms with Crippen LogP contribution in [0.1, 0.15) is 25.0 Å². The van der Waals surface area contributed by atoms with Gasteiger partial charge in [0, 0.05) is 17.6 Å². The summed E-state index contributed by atoms with van der Waals surface area (Å²) in [5.41, 5.74) is 6.31. The predicted octanol–water partition coefficient (Wildman–Crippen LogP) is 2.16. The lowest BCUT2D eigenvalue weighted by Crippen LogP contribution is -2.03. The van der Waals surface area contributed by atoms with Gasteiger partial charge < -0.3 is 10.5 Å². The standard InChI is InChI=1S/C10H16ClN3O/c1-8-7-9(14-10(12)13-8)15-6-4-2-3-5-11/h7H,2-6H2,1H3,(H2,12,13,14). The second-order valence-corrected chi connectivity index (χ2v) is 3.68. The van der Waals surface area contributed by atoms with Crippen molar-refractivity contribution in [2.24, 2.45) is 0 Å². The van der Waals surface area contributed by atoms with E-state index in [0.717, 1.165) is 25.0 Å². The number of halogens is 1. The van der Waals surface area contributed by atoms with E-state index in [-0.39, 0.29) is 5.95 Å². The minimum absolute atomic E-state index is 0.255. The highest BCUT2D eigenvalue weighted by atomic mass is 35.5. The molecule has 0 fully saturated rings. The number of rotatable bonds is 6. The van der Waals surface area contributed by atoms with E-state index in [1.807, 2.05) is 6.92 Å². The molecule has 0 unspecified atom stereocenters. The number of alkyl halides is 1. The Labute approximate surface area is 94.8 Å². The van der Waals surface area contributed by atoms with Crippen LogP contribution in [-0.4, -0.2) is 22.5 Å². The van der Waals surface area contributed by atoms with E-state index in [0.29, 0.717) is 18.4 Å². The predicted molar refractivity (Wildman–Crippen MR) is 61.2 cm³/mol. The molecule has 1 rings (SSSR count). The third-order valence-electron chi connectivity index (χ3n) is 1.88. The van der Waals surface area contributed by atoms with Crippen molar-refractivity contribution in [3.05, 3.63) is 11.8 Å². The van der Waals surface area contributed by atoms with E-state index in [1.165, 1.54) is 0 Å². The van der Waals surface area contributed by atoms with Crippen molar-refractivity contribution >= 4 is 17.5 Å². The molecule has 2 N–H and O–H groups in total. The summed E-state index contributed by atoms with van der Waals surface area (Å²) in [4.78, 5) is 7.93. The van der Waals surface area contributed by atoms with Crippen molar-refractivity contribution in [2.75, 3.05) is 18.2 Å². The SMILES string of the molecule is Cc1cc(OCCCCCCl)nc(N)n1. The Kier molecular flexibility index (Phi) is 5.18. The Morgan fingerprint density at radius 1 is 1.33 bits per heavy atom. The van der Waals surface area contributed by atoms with Gasteiger partial charge in [0.25, 0.3) is 0 Å². The summed E-state index contributed by atoms with van der Waals surface area (Å²) in [6.07, 6.45) is 3.08. The number of nitrogens with two attached hydrogens (primary N) is 1. The molecular formula is C10H16ClN3O. The molecule has 0 spiro atoms. The Bertz CT molecular complexity index is 286. The molecule has 84 valence electrons. The van der Waals surface area contributed by atoms with Gasteiger partial charge in [-0.1, -0.05) is 0 Å². The van der Waals surface area contributed by atoms with Crippen LogP contribution in [0.4, 0.5) is 5.95 Å². The average molecular weight is 230 g/mol. The molecule has 4 nitrogen and oxygen atoms in total. The van der Waals surface area contributed by atoms with E-state index in [4.69, 9.17) is 22.1 Å². The number of unbranched alkanes of at least 4 members (excludes halogenated alkanes) is 2. The molecule has 5 heteroatoms. The summed E-state index contributed by atoms with van der Waals surface area (Å²) in [6.45, 7) is 2.51. The van der Waals surface area contributed by atoms with Gasteiger partial charge in [0.15, 0.2) is 0 Å². The Morgan fingerprint density at radius 3 is 2.80 bits per heavy atom. The van der Waals surface area contributed by atoms with Gasteiger partial charge in [-0.15, -0.1) is 11.6 Å². The van der Waals surface area contributed by atoms with E-state index in [9.17, 15) is 0 Å². The van der Waals surface area contributed by atoms with Crippen LogP contribution in [0.15, 0.2) is 6.07 Å². The summed E-state index contributed by atoms with van der Waals surface area (Å²) in [6, 6.07) is 1.78. The molecule has 0 aliphatic carbocycles. The summed E-state index contributed by atoms with van der Waals surface area (Å²) in [5.74, 6) is 1.51. The molecule has 0 amide bonds. The van der Waals surface area contributed by atoms with Gasteiger partial charge in [-0.2, -0.15) is 4.98 Å². The largest absolute Gasteiger partial charge is 0.478 e. The highest BCUT2D eigenvalue weighted by Gasteiger charge is 1.99. The second-order valence-electron chi connectivity index (χ2n) is 3.30. The van der Waals surface area contributed by atoms with E-state index < -0.39 is 0 Å². The van der Waals surface area contributed by atoms with E-state index in [2.05, 4.69) is 9.97 Å². The molecule has 15 heavy (non-hydrogen) atoms. The number of hydrogen-bond acceptors (Lipinski definition) is 4. The summed E-state index contributed by atoms with van der Waals surface area (Å²) in [5, 5.41) is 0. The fraction of sp³-hybridized carbons (Fsp3) is 0.600. The first-order chi connectivity index (χ1) is 7.22. The molecule has 1 heterocycles. The molecular weight excluding hydrogens is 214 g/mol. The normalized spacial score (nSPS) is 10.3. The van der Waals surface area contributed by atoms with Crippen LogP contribution in [0.2, 0.25) is 0 Å². The number of aryl methyl sites for hydroxylation is 1. The number of nitrogens with zero attached hydrogens (tertiary/aromatic N) is 2. The highest BCUT2D eigenvalue weighted by molar-refractivity contribution is 6.17. The Hall–Kier alpha value is -1.03. The van der Waals surface area contributed by atoms with Crippen LogP contribution in [0.25, 0.3) is 0 Å². The number of aromatic nitrogens is 2. The number of hydrogen-bond donors (Lipinski definition) is 1. The molecule has 0 aliphatic rings. The summed E-state index contributed by atoms with van der Waals surface area (Å²) < 4.78 is 5.44. The zero-order chi connectivity index (χ0) is 11.1. The van der Waals surface area contributed by atoms with Crippen LogP contribution in [0, 0.1) is 6.92 Å². The maximum absolute atomic E-state index is 5.56. The lowest BCUT2D eigenvalue weighted by atomic mass is 10.3. The van der Waals surface area contributed by atoms with Gasteiger partial charge >= 0.3 is 0 Å². The quantitative estimate of drug-likeness (QED) is 0.600. The van der Waals surface area contributed by atoms with Crippen molar-refractivity contribution in [3.63, 3.8) is 0 Å². The minimum Gasteiger partial charge on any atom is -0.478 e. The van der Waals surface area contributed by atoms with Gasteiger partial charge in [0.2, 0.25) is 11.8 Å². The fourth-order valence-corrected chi connectivity index (χ4v) is 1.37. The monoisotopic (exact) mass is 229 g/mol. The van der Waals surface area contributed by atoms with Gasteiger partial charge in [-0.25, -0.2) is 4.98 Å². The van der Waals surface area contributed by atoms with Crippen LogP contribution < -0.4 is 10.5 Å². The molecule has 0 aromatic carbocycles. The van der Waals surface area contributed by atoms with Crippen molar-refractivity contribution in [1.82, 2.24) is 9.97 Å². The van der Waals surface area contributed by atoms with Gasteiger partial charge in [-0.3, -0.25) is 0 Å². The molecule has 0 atom stereocenters. The number of nitrogen functional groups attached to an aromatic ring is 1. The first kappa shape index (κ1) is 12.0. The molecule has 0 saturated carbocycles. The maximum Gasteiger partial charge on any atom is 0.223 e. The van der Waals surface area contributed by atoms with Crippen molar-refractivity contribution in [3.8, 4) is 5.88 Å². The van der Waals surface area contributed by atoms with Crippen molar-refractivity contribution in [1.29, 1.82) is 0 Å². The molecule has 0 radical (unpaired) electrons. The highest BCUT2D eigenvalue weighted by Crippen LogP contribution is 2.10. The fourth-order valence-electron chi connectivity index (χ4n) is 1.19. The smallest absolute Gasteiger partial charge is 0.223 e. The van der Waals surface area contributed by atoms with Crippen molar-refractivity contribution in [2.45, 2.75) is 26.2 Å². The summed E-state index contributed by atoms with van der Waals surface area (Å²) >= 11 is 5.56. The third kappa shape index (κ3) is 4.83. The van der Waals surface area contributed by atoms with Gasteiger partial charge in [-0.05, 0) is 26.2 Å². The first-order valence-electron chi connectivity index (χ1n) is 5.02. The Morgan fingerprint density at radius 2 is 2.13 bits per heavy atom. The third-order valence-corrected chi connectivity index (χ3v) is 2.14. The molecule has 0 bridgehead atoms. The van der Waals surface area contributed by atoms with Crippen molar-refractivity contribution < 1.29 is 4.74 Å². The first-order valence-corrected chi connectivity index (χ1v) is 5.56. The zero-order valence-corrected chi connectivity index (χ0v) is 9.63. The number of ether oxygens (including phenoxy) is 1. The lowest BCUT2D eigenvalue weighted by molar-refractivity contribution is 0.295. The van der Waals surface area contributed by atoms with Gasteiger partial charge in [0.05, 0.1) is 6.61 Å². The van der Waals surface area contributed by atoms with Crippen LogP contribution in [0.5, 0.6) is 5.88 Å². The topological polar surface area (TPSA) is 61.0 Å². The lowest BCUT2D eigenvalue weighted by Gasteiger charge is -2.05. The van der Waals surface area contributed by atoms with Crippen LogP contribution in [-0.2, 0) is 0 Å². The maximum atomic E-state index is 5.56. The molecule has 1 aromatic heterocycles. The Balaban J connectivity index is 2.31. The van der Waals surface area contributed by atoms with Gasteiger partial charge in [0.1, 0.15) is 0 Å². The molecule has 1 aromatic rings. The summed E-state index contributed by atoms with van der Waals surface area (Å²) in [7, 11) is 0. The average Bonchev–Trinajstić information content (AvgIpc) is 2.16. The zero-order valence-electron chi connectivity index (χ0n) is 8.87. The minimum atomic E-state index is 0.255. The molecule has 0 saturated heterocycles. The van der Waals surface area contributed by atoms with Crippen LogP contribution >= 0.6 is 11.6 Å². The second kappa shape index (κ2) is 6.45. The molecule has 0 aliphatic heterocycles. The van der Waals surface area contributed by atoms with Crippen LogP contribution in [0.3, 0.4) is 0 Å².